The number of hydrogen-bond acceptors (Lipinski definition) is 3. The molecule has 136 valence electrons. The molecule has 0 radical (unpaired) electrons. The Morgan fingerprint density at radius 3 is 2.42 bits per heavy atom. The Bertz CT molecular complexity index is 886. The van der Waals surface area contributed by atoms with Crippen LogP contribution in [0.3, 0.4) is 0 Å². The maximum Gasteiger partial charge on any atom is 0.248 e. The number of amides is 1. The summed E-state index contributed by atoms with van der Waals surface area (Å²) in [4.78, 5) is 12.3. The molecule has 5 nitrogen and oxygen atoms in total. The quantitative estimate of drug-likeness (QED) is 0.819. The van der Waals surface area contributed by atoms with Gasteiger partial charge in [-0.25, -0.2) is 8.42 Å². The lowest BCUT2D eigenvalue weighted by Gasteiger charge is -2.26. The second-order valence-corrected chi connectivity index (χ2v) is 8.16. The van der Waals surface area contributed by atoms with E-state index in [4.69, 9.17) is 0 Å². The van der Waals surface area contributed by atoms with Gasteiger partial charge in [-0.2, -0.15) is 4.31 Å². The van der Waals surface area contributed by atoms with E-state index >= 15 is 0 Å². The highest BCUT2D eigenvalue weighted by Crippen LogP contribution is 2.22. The van der Waals surface area contributed by atoms with E-state index in [1.807, 2.05) is 30.3 Å². The van der Waals surface area contributed by atoms with Gasteiger partial charge >= 0.3 is 0 Å². The molecule has 1 amide bonds. The summed E-state index contributed by atoms with van der Waals surface area (Å²) in [6, 6.07) is 15.9. The molecule has 2 aromatic carbocycles. The number of anilines is 1. The van der Waals surface area contributed by atoms with Crippen LogP contribution >= 0.6 is 0 Å². The van der Waals surface area contributed by atoms with Gasteiger partial charge in [0, 0.05) is 24.9 Å². The average Bonchev–Trinajstić information content (AvgIpc) is 2.68. The largest absolute Gasteiger partial charge is 0.322 e. The van der Waals surface area contributed by atoms with Crippen LogP contribution < -0.4 is 5.32 Å². The number of rotatable bonds is 5. The fraction of sp³-hybridized carbons (Fsp3) is 0.250. The topological polar surface area (TPSA) is 66.5 Å². The standard InChI is InChI=1S/C20H22N2O3S/c23-20(13-12-17-8-3-1-4-9-17)21-18-10-7-11-19(16-18)26(24,25)22-14-5-2-6-15-22/h1,3-4,7-13,16H,2,5-6,14-15H2,(H,21,23)/b13-12+. The summed E-state index contributed by atoms with van der Waals surface area (Å²) < 4.78 is 27.0. The van der Waals surface area contributed by atoms with Crippen molar-refractivity contribution in [1.82, 2.24) is 4.31 Å². The van der Waals surface area contributed by atoms with Gasteiger partial charge in [-0.3, -0.25) is 4.79 Å². The SMILES string of the molecule is O=C(/C=C/c1ccccc1)Nc1cccc(S(=O)(=O)N2CCCCC2)c1. The monoisotopic (exact) mass is 370 g/mol. The highest BCUT2D eigenvalue weighted by atomic mass is 32.2. The van der Waals surface area contributed by atoms with Crippen molar-refractivity contribution in [2.24, 2.45) is 0 Å². The summed E-state index contributed by atoms with van der Waals surface area (Å²) in [5.41, 5.74) is 1.38. The summed E-state index contributed by atoms with van der Waals surface area (Å²) >= 11 is 0. The van der Waals surface area contributed by atoms with Crippen molar-refractivity contribution >= 4 is 27.7 Å². The molecule has 1 aliphatic heterocycles. The highest BCUT2D eigenvalue weighted by molar-refractivity contribution is 7.89. The van der Waals surface area contributed by atoms with Crippen LogP contribution in [0.2, 0.25) is 0 Å². The zero-order valence-corrected chi connectivity index (χ0v) is 15.3. The van der Waals surface area contributed by atoms with E-state index in [1.54, 1.807) is 24.3 Å². The van der Waals surface area contributed by atoms with Gasteiger partial charge < -0.3 is 5.32 Å². The predicted octanol–water partition coefficient (Wildman–Crippen LogP) is 3.51. The zero-order valence-electron chi connectivity index (χ0n) is 14.5. The number of piperidine rings is 1. The normalized spacial score (nSPS) is 15.8. The van der Waals surface area contributed by atoms with Gasteiger partial charge in [0.25, 0.3) is 0 Å². The minimum absolute atomic E-state index is 0.212. The molecule has 0 unspecified atom stereocenters. The smallest absolute Gasteiger partial charge is 0.248 e. The first-order chi connectivity index (χ1) is 12.6. The third-order valence-corrected chi connectivity index (χ3v) is 6.18. The van der Waals surface area contributed by atoms with Crippen LogP contribution in [0.1, 0.15) is 24.8 Å². The number of hydrogen-bond donors (Lipinski definition) is 1. The van der Waals surface area contributed by atoms with Crippen LogP contribution in [0.5, 0.6) is 0 Å². The Balaban J connectivity index is 1.71. The van der Waals surface area contributed by atoms with Crippen molar-refractivity contribution in [3.05, 3.63) is 66.2 Å². The zero-order chi connectivity index (χ0) is 18.4. The van der Waals surface area contributed by atoms with Gasteiger partial charge in [0.05, 0.1) is 4.90 Å². The fourth-order valence-electron chi connectivity index (χ4n) is 2.91. The molecule has 0 aromatic heterocycles. The van der Waals surface area contributed by atoms with E-state index in [-0.39, 0.29) is 10.8 Å². The van der Waals surface area contributed by atoms with Crippen LogP contribution in [0.15, 0.2) is 65.6 Å². The Morgan fingerprint density at radius 1 is 0.962 bits per heavy atom. The second kappa shape index (κ2) is 8.29. The van der Waals surface area contributed by atoms with Gasteiger partial charge in [-0.15, -0.1) is 0 Å². The molecule has 3 rings (SSSR count). The van der Waals surface area contributed by atoms with E-state index in [0.29, 0.717) is 18.8 Å². The molecule has 1 heterocycles. The van der Waals surface area contributed by atoms with Crippen molar-refractivity contribution in [1.29, 1.82) is 0 Å². The summed E-state index contributed by atoms with van der Waals surface area (Å²) in [6.07, 6.45) is 5.99. The maximum atomic E-state index is 12.7. The van der Waals surface area contributed by atoms with E-state index in [2.05, 4.69) is 5.32 Å². The van der Waals surface area contributed by atoms with E-state index in [0.717, 1.165) is 24.8 Å². The van der Waals surface area contributed by atoms with Crippen LogP contribution in [-0.2, 0) is 14.8 Å². The van der Waals surface area contributed by atoms with Crippen LogP contribution in [-0.4, -0.2) is 31.7 Å². The van der Waals surface area contributed by atoms with Crippen LogP contribution in [0, 0.1) is 0 Å². The van der Waals surface area contributed by atoms with Gasteiger partial charge in [0.15, 0.2) is 0 Å². The number of benzene rings is 2. The third-order valence-electron chi connectivity index (χ3n) is 4.28. The molecule has 0 bridgehead atoms. The van der Waals surface area contributed by atoms with Gasteiger partial charge in [-0.1, -0.05) is 42.8 Å². The predicted molar refractivity (Wildman–Crippen MR) is 103 cm³/mol. The molecule has 0 saturated carbocycles. The number of nitrogens with zero attached hydrogens (tertiary/aromatic N) is 1. The molecule has 26 heavy (non-hydrogen) atoms. The lowest BCUT2D eigenvalue weighted by atomic mass is 10.2. The number of carbonyl (C=O) groups is 1. The lowest BCUT2D eigenvalue weighted by Crippen LogP contribution is -2.35. The van der Waals surface area contributed by atoms with Gasteiger partial charge in [0.1, 0.15) is 0 Å². The highest BCUT2D eigenvalue weighted by Gasteiger charge is 2.25. The molecule has 6 heteroatoms. The first-order valence-corrected chi connectivity index (χ1v) is 10.1. The van der Waals surface area contributed by atoms with Crippen molar-refractivity contribution in [3.63, 3.8) is 0 Å². The molecule has 2 aromatic rings. The van der Waals surface area contributed by atoms with Gasteiger partial charge in [-0.05, 0) is 42.7 Å². The minimum atomic E-state index is -3.51. The summed E-state index contributed by atoms with van der Waals surface area (Å²) in [7, 11) is -3.51. The van der Waals surface area contributed by atoms with E-state index < -0.39 is 10.0 Å². The minimum Gasteiger partial charge on any atom is -0.322 e. The summed E-state index contributed by atoms with van der Waals surface area (Å²) in [6.45, 7) is 1.11. The maximum absolute atomic E-state index is 12.7. The Hall–Kier alpha value is -2.44. The van der Waals surface area contributed by atoms with Gasteiger partial charge in [0.2, 0.25) is 15.9 Å². The second-order valence-electron chi connectivity index (χ2n) is 6.23. The molecular formula is C20H22N2O3S. The van der Waals surface area contributed by atoms with Crippen molar-refractivity contribution in [2.75, 3.05) is 18.4 Å². The Kier molecular flexibility index (Phi) is 5.85. The van der Waals surface area contributed by atoms with Crippen molar-refractivity contribution in [2.45, 2.75) is 24.2 Å². The molecule has 0 aliphatic carbocycles. The first kappa shape index (κ1) is 18.4. The number of sulfonamides is 1. The summed E-state index contributed by atoms with van der Waals surface area (Å²) in [5.74, 6) is -0.304. The fourth-order valence-corrected chi connectivity index (χ4v) is 4.47. The van der Waals surface area contributed by atoms with Crippen molar-refractivity contribution < 1.29 is 13.2 Å². The number of carbonyl (C=O) groups excluding carboxylic acids is 1. The summed E-state index contributed by atoms with van der Waals surface area (Å²) in [5, 5.41) is 2.72. The van der Waals surface area contributed by atoms with Crippen molar-refractivity contribution in [3.8, 4) is 0 Å². The first-order valence-electron chi connectivity index (χ1n) is 8.70. The molecule has 1 fully saturated rings. The molecule has 1 saturated heterocycles. The molecule has 1 aliphatic rings. The Labute approximate surface area is 154 Å². The molecule has 1 N–H and O–H groups in total. The molecule has 0 spiro atoms. The van der Waals surface area contributed by atoms with E-state index in [9.17, 15) is 13.2 Å². The van der Waals surface area contributed by atoms with Crippen LogP contribution in [0.4, 0.5) is 5.69 Å². The molecule has 0 atom stereocenters. The molecular weight excluding hydrogens is 348 g/mol. The Morgan fingerprint density at radius 2 is 1.69 bits per heavy atom. The third kappa shape index (κ3) is 4.59. The van der Waals surface area contributed by atoms with Crippen LogP contribution in [0.25, 0.3) is 6.08 Å². The number of nitrogens with one attached hydrogen (secondary N) is 1. The lowest BCUT2D eigenvalue weighted by molar-refractivity contribution is -0.111. The van der Waals surface area contributed by atoms with E-state index in [1.165, 1.54) is 16.4 Å². The average molecular weight is 370 g/mol.